The Morgan fingerprint density at radius 2 is 2.25 bits per heavy atom. The van der Waals surface area contributed by atoms with Gasteiger partial charge in [-0.25, -0.2) is 0 Å². The Balaban J connectivity index is 2.07. The molecule has 84 valence electrons. The maximum absolute atomic E-state index is 11.5. The molecular weight excluding hydrogens is 202 g/mol. The fourth-order valence-electron chi connectivity index (χ4n) is 2.88. The van der Waals surface area contributed by atoms with Crippen LogP contribution in [-0.4, -0.2) is 12.5 Å². The summed E-state index contributed by atoms with van der Waals surface area (Å²) in [6, 6.07) is 8.24. The van der Waals surface area contributed by atoms with Crippen LogP contribution in [0.1, 0.15) is 37.0 Å². The fraction of sp³-hybridized carbons (Fsp3) is 0.462. The normalized spacial score (nSPS) is 32.6. The molecule has 3 heteroatoms. The Labute approximate surface area is 94.8 Å². The lowest BCUT2D eigenvalue weighted by atomic mass is 9.84. The van der Waals surface area contributed by atoms with Gasteiger partial charge in [-0.15, -0.1) is 0 Å². The minimum Gasteiger partial charge on any atom is -0.362 e. The molecule has 0 aromatic heterocycles. The van der Waals surface area contributed by atoms with Crippen molar-refractivity contribution >= 4 is 5.91 Å². The number of benzene rings is 1. The standard InChI is InChI=1S/C13H15NO2/c1-9-10-4-2-3-5-11(10)13(16-9)6-7-14-12(15)8-13/h2-5,9H,6-8H2,1H3,(H,14,15)/t9-,13-/m1/s1. The summed E-state index contributed by atoms with van der Waals surface area (Å²) in [6.07, 6.45) is 1.43. The Bertz CT molecular complexity index is 443. The third-order valence-corrected chi connectivity index (χ3v) is 3.59. The second kappa shape index (κ2) is 3.32. The van der Waals surface area contributed by atoms with Gasteiger partial charge in [0.1, 0.15) is 5.60 Å². The van der Waals surface area contributed by atoms with Crippen LogP contribution in [0, 0.1) is 0 Å². The molecule has 1 amide bonds. The van der Waals surface area contributed by atoms with E-state index in [2.05, 4.69) is 24.4 Å². The first-order valence-electron chi connectivity index (χ1n) is 5.75. The van der Waals surface area contributed by atoms with Crippen molar-refractivity contribution in [2.45, 2.75) is 31.5 Å². The molecule has 0 radical (unpaired) electrons. The molecule has 3 nitrogen and oxygen atoms in total. The Morgan fingerprint density at radius 1 is 1.44 bits per heavy atom. The minimum atomic E-state index is -0.363. The third-order valence-electron chi connectivity index (χ3n) is 3.59. The molecule has 2 heterocycles. The largest absolute Gasteiger partial charge is 0.362 e. The summed E-state index contributed by atoms with van der Waals surface area (Å²) in [7, 11) is 0. The quantitative estimate of drug-likeness (QED) is 0.720. The van der Waals surface area contributed by atoms with E-state index in [9.17, 15) is 4.79 Å². The van der Waals surface area contributed by atoms with Crippen molar-refractivity contribution in [3.05, 3.63) is 35.4 Å². The summed E-state index contributed by atoms with van der Waals surface area (Å²) >= 11 is 0. The van der Waals surface area contributed by atoms with Crippen molar-refractivity contribution in [3.63, 3.8) is 0 Å². The van der Waals surface area contributed by atoms with Gasteiger partial charge in [0.05, 0.1) is 12.5 Å². The summed E-state index contributed by atoms with van der Waals surface area (Å²) in [5.41, 5.74) is 2.08. The number of carbonyl (C=O) groups excluding carboxylic acids is 1. The smallest absolute Gasteiger partial charge is 0.223 e. The number of carbonyl (C=O) groups is 1. The number of ether oxygens (including phenoxy) is 1. The van der Waals surface area contributed by atoms with E-state index in [1.165, 1.54) is 11.1 Å². The summed E-state index contributed by atoms with van der Waals surface area (Å²) in [5.74, 6) is 0.0927. The van der Waals surface area contributed by atoms with Gasteiger partial charge in [0.2, 0.25) is 5.91 Å². The fourth-order valence-corrected chi connectivity index (χ4v) is 2.88. The Kier molecular flexibility index (Phi) is 2.04. The lowest BCUT2D eigenvalue weighted by Gasteiger charge is -2.33. The number of piperidine rings is 1. The number of nitrogens with one attached hydrogen (secondary N) is 1. The molecule has 1 saturated heterocycles. The Morgan fingerprint density at radius 3 is 3.06 bits per heavy atom. The molecule has 0 bridgehead atoms. The zero-order valence-corrected chi connectivity index (χ0v) is 9.32. The highest BCUT2D eigenvalue weighted by Gasteiger charge is 2.46. The Hall–Kier alpha value is -1.35. The van der Waals surface area contributed by atoms with Crippen molar-refractivity contribution in [2.75, 3.05) is 6.54 Å². The van der Waals surface area contributed by atoms with Crippen LogP contribution >= 0.6 is 0 Å². The van der Waals surface area contributed by atoms with Gasteiger partial charge >= 0.3 is 0 Å². The highest BCUT2D eigenvalue weighted by molar-refractivity contribution is 5.78. The maximum atomic E-state index is 11.5. The molecular formula is C13H15NO2. The average molecular weight is 217 g/mol. The molecule has 1 spiro atoms. The van der Waals surface area contributed by atoms with Crippen molar-refractivity contribution in [2.24, 2.45) is 0 Å². The molecule has 3 rings (SSSR count). The van der Waals surface area contributed by atoms with Crippen molar-refractivity contribution < 1.29 is 9.53 Å². The van der Waals surface area contributed by atoms with Gasteiger partial charge in [0.15, 0.2) is 0 Å². The molecule has 16 heavy (non-hydrogen) atoms. The van der Waals surface area contributed by atoms with Gasteiger partial charge < -0.3 is 10.1 Å². The third kappa shape index (κ3) is 1.28. The molecule has 1 aromatic carbocycles. The van der Waals surface area contributed by atoms with E-state index in [0.29, 0.717) is 13.0 Å². The van der Waals surface area contributed by atoms with E-state index < -0.39 is 0 Å². The van der Waals surface area contributed by atoms with Crippen LogP contribution in [0.5, 0.6) is 0 Å². The highest BCUT2D eigenvalue weighted by Crippen LogP contribution is 2.48. The van der Waals surface area contributed by atoms with Crippen molar-refractivity contribution in [1.82, 2.24) is 5.32 Å². The minimum absolute atomic E-state index is 0.0927. The molecule has 2 atom stereocenters. The molecule has 1 N–H and O–H groups in total. The molecule has 0 aliphatic carbocycles. The molecule has 0 saturated carbocycles. The topological polar surface area (TPSA) is 38.3 Å². The average Bonchev–Trinajstić information content (AvgIpc) is 2.53. The van der Waals surface area contributed by atoms with E-state index in [-0.39, 0.29) is 17.6 Å². The second-order valence-electron chi connectivity index (χ2n) is 4.62. The summed E-state index contributed by atoms with van der Waals surface area (Å²) in [5, 5.41) is 2.86. The van der Waals surface area contributed by atoms with Crippen LogP contribution in [-0.2, 0) is 15.1 Å². The van der Waals surface area contributed by atoms with Crippen molar-refractivity contribution in [1.29, 1.82) is 0 Å². The van der Waals surface area contributed by atoms with Crippen LogP contribution in [0.4, 0.5) is 0 Å². The van der Waals surface area contributed by atoms with E-state index >= 15 is 0 Å². The lowest BCUT2D eigenvalue weighted by molar-refractivity contribution is -0.139. The van der Waals surface area contributed by atoms with Crippen LogP contribution in [0.25, 0.3) is 0 Å². The predicted octanol–water partition coefficient (Wildman–Crippen LogP) is 1.88. The van der Waals surface area contributed by atoms with Gasteiger partial charge in [0.25, 0.3) is 0 Å². The maximum Gasteiger partial charge on any atom is 0.223 e. The van der Waals surface area contributed by atoms with Crippen LogP contribution in [0.3, 0.4) is 0 Å². The molecule has 1 fully saturated rings. The predicted molar refractivity (Wildman–Crippen MR) is 59.9 cm³/mol. The zero-order valence-electron chi connectivity index (χ0n) is 9.32. The molecule has 2 aliphatic rings. The number of hydrogen-bond acceptors (Lipinski definition) is 2. The summed E-state index contributed by atoms with van der Waals surface area (Å²) in [4.78, 5) is 11.5. The number of fused-ring (bicyclic) bond motifs is 2. The molecule has 0 unspecified atom stereocenters. The first kappa shape index (κ1) is 9.85. The monoisotopic (exact) mass is 217 g/mol. The number of amides is 1. The second-order valence-corrected chi connectivity index (χ2v) is 4.62. The van der Waals surface area contributed by atoms with Crippen LogP contribution in [0.2, 0.25) is 0 Å². The zero-order chi connectivity index (χ0) is 11.2. The van der Waals surface area contributed by atoms with E-state index in [4.69, 9.17) is 4.74 Å². The van der Waals surface area contributed by atoms with E-state index in [1.54, 1.807) is 0 Å². The van der Waals surface area contributed by atoms with Crippen LogP contribution < -0.4 is 5.32 Å². The molecule has 2 aliphatic heterocycles. The molecule has 1 aromatic rings. The van der Waals surface area contributed by atoms with Crippen molar-refractivity contribution in [3.8, 4) is 0 Å². The van der Waals surface area contributed by atoms with Crippen LogP contribution in [0.15, 0.2) is 24.3 Å². The SMILES string of the molecule is C[C@H]1O[C@@]2(CCNC(=O)C2)c2ccccc21. The summed E-state index contributed by atoms with van der Waals surface area (Å²) in [6.45, 7) is 2.76. The lowest BCUT2D eigenvalue weighted by Crippen LogP contribution is -2.43. The highest BCUT2D eigenvalue weighted by atomic mass is 16.5. The van der Waals surface area contributed by atoms with E-state index in [0.717, 1.165) is 6.42 Å². The van der Waals surface area contributed by atoms with Gasteiger partial charge in [-0.1, -0.05) is 24.3 Å². The van der Waals surface area contributed by atoms with Gasteiger partial charge in [-0.05, 0) is 24.5 Å². The number of hydrogen-bond donors (Lipinski definition) is 1. The van der Waals surface area contributed by atoms with Gasteiger partial charge in [0, 0.05) is 6.54 Å². The van der Waals surface area contributed by atoms with Gasteiger partial charge in [-0.2, -0.15) is 0 Å². The number of rotatable bonds is 0. The van der Waals surface area contributed by atoms with E-state index in [1.807, 2.05) is 12.1 Å². The first-order chi connectivity index (χ1) is 7.71. The summed E-state index contributed by atoms with van der Waals surface area (Å²) < 4.78 is 6.07. The van der Waals surface area contributed by atoms with Gasteiger partial charge in [-0.3, -0.25) is 4.79 Å². The first-order valence-corrected chi connectivity index (χ1v) is 5.75.